The van der Waals surface area contributed by atoms with Gasteiger partial charge in [0.15, 0.2) is 0 Å². The third-order valence-electron chi connectivity index (χ3n) is 15.9. The van der Waals surface area contributed by atoms with E-state index in [-0.39, 0.29) is 43.4 Å². The van der Waals surface area contributed by atoms with Gasteiger partial charge in [-0.3, -0.25) is 33.7 Å². The minimum atomic E-state index is -1.01. The molecule has 2 fully saturated rings. The zero-order valence-corrected chi connectivity index (χ0v) is 35.5. The Kier molecular flexibility index (Phi) is 12.0. The number of anilines is 2. The fraction of sp³-hybridized carbons (Fsp3) is 0.609. The fourth-order valence-corrected chi connectivity index (χ4v) is 12.0. The first-order valence-electron chi connectivity index (χ1n) is 21.3. The van der Waals surface area contributed by atoms with Crippen molar-refractivity contribution in [1.82, 2.24) is 4.90 Å². The Morgan fingerprint density at radius 1 is 0.712 bits per heavy atom. The van der Waals surface area contributed by atoms with E-state index in [1.165, 1.54) is 10.5 Å². The average molecular weight is 814 g/mol. The number of benzene rings is 2. The number of nitrogens with two attached hydrogens (primary N) is 2. The third kappa shape index (κ3) is 7.58. The van der Waals surface area contributed by atoms with E-state index in [2.05, 4.69) is 31.4 Å². The predicted molar refractivity (Wildman–Crippen MR) is 224 cm³/mol. The quantitative estimate of drug-likeness (QED) is 0.136. The highest BCUT2D eigenvalue weighted by atomic mass is 16.4. The maximum Gasteiger partial charge on any atom is 0.303 e. The predicted octanol–water partition coefficient (Wildman–Crippen LogP) is 6.04. The molecule has 0 heterocycles. The largest absolute Gasteiger partial charge is 0.481 e. The summed E-state index contributed by atoms with van der Waals surface area (Å²) in [4.78, 5) is 79.7. The molecule has 0 saturated heterocycles. The van der Waals surface area contributed by atoms with E-state index in [1.807, 2.05) is 50.2 Å². The highest BCUT2D eigenvalue weighted by Crippen LogP contribution is 2.66. The number of nitrogens with zero attached hydrogens (tertiary/aromatic N) is 1. The van der Waals surface area contributed by atoms with Gasteiger partial charge in [-0.05, 0) is 133 Å². The Morgan fingerprint density at radius 2 is 1.24 bits per heavy atom. The molecular weight excluding hydrogens is 751 g/mol. The number of nitrogens with one attached hydrogen (secondary N) is 2. The van der Waals surface area contributed by atoms with Crippen molar-refractivity contribution >= 4 is 46.9 Å². The van der Waals surface area contributed by atoms with Crippen LogP contribution in [0.1, 0.15) is 134 Å². The van der Waals surface area contributed by atoms with Crippen molar-refractivity contribution in [1.29, 1.82) is 0 Å². The topological polar surface area (TPSA) is 222 Å². The van der Waals surface area contributed by atoms with Gasteiger partial charge in [0, 0.05) is 31.3 Å². The summed E-state index contributed by atoms with van der Waals surface area (Å²) in [6, 6.07) is 9.81. The molecule has 0 unspecified atom stereocenters. The number of fused-ring (bicyclic) bond motifs is 6. The standard InChI is InChI=1S/C46H63N5O8/c1-42-20-7-21-43(2,35(42)16-11-27-9-12-29(25-31(27)42)49-38(56)33(47)14-17-36(52)53)40(58)51(6)41(59)45(4)23-8-22-44(3)32-26-30(13-10-28(32)19-24-46(44,45)5)50-39(57)34(48)15-18-37(54)55/h9-10,12-13,25-26,33-35H,7-8,11,14-24,47-48H2,1-6H3,(H,49,56)(H,50,57)(H,52,53)(H,54,55)/t33-,34-,35+,42+,43-,44+,45+,46+/m0/s1. The molecule has 0 radical (unpaired) electrons. The molecule has 320 valence electrons. The van der Waals surface area contributed by atoms with Crippen molar-refractivity contribution in [2.45, 2.75) is 147 Å². The first-order chi connectivity index (χ1) is 27.6. The first kappa shape index (κ1) is 43.9. The van der Waals surface area contributed by atoms with Crippen LogP contribution in [0.15, 0.2) is 36.4 Å². The van der Waals surface area contributed by atoms with Gasteiger partial charge in [-0.15, -0.1) is 0 Å². The smallest absolute Gasteiger partial charge is 0.303 e. The number of rotatable bonds is 12. The lowest BCUT2D eigenvalue weighted by Gasteiger charge is -2.63. The van der Waals surface area contributed by atoms with Gasteiger partial charge in [0.2, 0.25) is 23.6 Å². The molecule has 2 aromatic rings. The van der Waals surface area contributed by atoms with Gasteiger partial charge >= 0.3 is 11.9 Å². The number of aryl methyl sites for hydroxylation is 2. The minimum absolute atomic E-state index is 0.0237. The van der Waals surface area contributed by atoms with E-state index < -0.39 is 62.9 Å². The summed E-state index contributed by atoms with van der Waals surface area (Å²) in [5, 5.41) is 23.9. The van der Waals surface area contributed by atoms with Crippen LogP contribution in [0.5, 0.6) is 0 Å². The van der Waals surface area contributed by atoms with E-state index in [0.717, 1.165) is 68.1 Å². The van der Waals surface area contributed by atoms with Crippen LogP contribution in [-0.4, -0.2) is 69.8 Å². The van der Waals surface area contributed by atoms with E-state index in [4.69, 9.17) is 21.7 Å². The summed E-state index contributed by atoms with van der Waals surface area (Å²) in [6.45, 7) is 10.7. The molecule has 0 spiro atoms. The van der Waals surface area contributed by atoms with Crippen LogP contribution >= 0.6 is 0 Å². The number of carboxylic acid groups (broad SMARTS) is 2. The second-order valence-corrected chi connectivity index (χ2v) is 19.1. The number of imide groups is 1. The Bertz CT molecular complexity index is 2050. The summed E-state index contributed by atoms with van der Waals surface area (Å²) in [7, 11) is 1.67. The molecular formula is C46H63N5O8. The SMILES string of the molecule is CN(C(=O)[C@@]1(C)CCC[C@]2(C)c3cc(NC(=O)[C@@H](N)CCC(=O)O)ccc3CC[C@@H]12)C(=O)[C@@]1(C)CCC[C@]2(C)c3cc(NC(=O)[C@@H](N)CCC(=O)O)ccc3CC[C@@]12C. The minimum Gasteiger partial charge on any atom is -0.481 e. The molecule has 4 aliphatic rings. The Hall–Kier alpha value is -4.62. The molecule has 8 atom stereocenters. The van der Waals surface area contributed by atoms with Crippen molar-refractivity contribution in [3.05, 3.63) is 58.7 Å². The summed E-state index contributed by atoms with van der Waals surface area (Å²) < 4.78 is 0. The van der Waals surface area contributed by atoms with Crippen molar-refractivity contribution in [3.63, 3.8) is 0 Å². The van der Waals surface area contributed by atoms with Crippen molar-refractivity contribution in [3.8, 4) is 0 Å². The van der Waals surface area contributed by atoms with Crippen molar-refractivity contribution in [2.75, 3.05) is 17.7 Å². The Balaban J connectivity index is 1.24. The Labute approximate surface area is 347 Å². The number of carbonyl (C=O) groups is 6. The number of hydrogen-bond donors (Lipinski definition) is 6. The van der Waals surface area contributed by atoms with Crippen LogP contribution in [-0.2, 0) is 52.4 Å². The molecule has 2 saturated carbocycles. The lowest BCUT2D eigenvalue weighted by molar-refractivity contribution is -0.171. The lowest BCUT2D eigenvalue weighted by atomic mass is 9.41. The first-order valence-corrected chi connectivity index (χ1v) is 21.3. The van der Waals surface area contributed by atoms with Crippen LogP contribution in [0, 0.1) is 22.2 Å². The number of aliphatic carboxylic acids is 2. The maximum atomic E-state index is 15.2. The molecule has 13 nitrogen and oxygen atoms in total. The molecule has 4 amide bonds. The van der Waals surface area contributed by atoms with Gasteiger partial charge in [-0.25, -0.2) is 0 Å². The van der Waals surface area contributed by atoms with Gasteiger partial charge in [-0.1, -0.05) is 59.6 Å². The summed E-state index contributed by atoms with van der Waals surface area (Å²) >= 11 is 0. The summed E-state index contributed by atoms with van der Waals surface area (Å²) in [5.74, 6) is -3.31. The maximum absolute atomic E-state index is 15.2. The molecule has 4 aliphatic carbocycles. The second kappa shape index (κ2) is 16.1. The van der Waals surface area contributed by atoms with E-state index in [1.54, 1.807) is 7.05 Å². The lowest BCUT2D eigenvalue weighted by Crippen LogP contribution is -2.64. The zero-order chi connectivity index (χ0) is 43.3. The van der Waals surface area contributed by atoms with E-state index >= 15 is 9.59 Å². The molecule has 0 aliphatic heterocycles. The van der Waals surface area contributed by atoms with Crippen LogP contribution in [0.2, 0.25) is 0 Å². The normalized spacial score (nSPS) is 30.5. The molecule has 0 aromatic heterocycles. The van der Waals surface area contributed by atoms with Crippen molar-refractivity contribution in [2.24, 2.45) is 33.6 Å². The highest BCUT2D eigenvalue weighted by molar-refractivity contribution is 6.01. The molecule has 8 N–H and O–H groups in total. The molecule has 2 aromatic carbocycles. The van der Waals surface area contributed by atoms with E-state index in [9.17, 15) is 19.2 Å². The third-order valence-corrected chi connectivity index (χ3v) is 15.9. The van der Waals surface area contributed by atoms with E-state index in [0.29, 0.717) is 24.2 Å². The van der Waals surface area contributed by atoms with Gasteiger partial charge in [-0.2, -0.15) is 0 Å². The Morgan fingerprint density at radius 3 is 1.80 bits per heavy atom. The van der Waals surface area contributed by atoms with Gasteiger partial charge in [0.25, 0.3) is 0 Å². The monoisotopic (exact) mass is 813 g/mol. The average Bonchev–Trinajstić information content (AvgIpc) is 3.19. The highest BCUT2D eigenvalue weighted by Gasteiger charge is 2.65. The van der Waals surface area contributed by atoms with Crippen LogP contribution < -0.4 is 22.1 Å². The molecule has 59 heavy (non-hydrogen) atoms. The summed E-state index contributed by atoms with van der Waals surface area (Å²) in [6.07, 6.45) is 7.23. The van der Waals surface area contributed by atoms with Crippen LogP contribution in [0.4, 0.5) is 11.4 Å². The van der Waals surface area contributed by atoms with Gasteiger partial charge in [0.1, 0.15) is 0 Å². The van der Waals surface area contributed by atoms with Crippen molar-refractivity contribution < 1.29 is 39.0 Å². The van der Waals surface area contributed by atoms with Gasteiger partial charge < -0.3 is 32.3 Å². The number of carbonyl (C=O) groups excluding carboxylic acids is 4. The zero-order valence-electron chi connectivity index (χ0n) is 35.5. The summed E-state index contributed by atoms with van der Waals surface area (Å²) in [5.41, 5.74) is 14.6. The number of amides is 4. The fourth-order valence-electron chi connectivity index (χ4n) is 12.0. The van der Waals surface area contributed by atoms with Crippen LogP contribution in [0.3, 0.4) is 0 Å². The molecule has 0 bridgehead atoms. The molecule has 13 heteroatoms. The van der Waals surface area contributed by atoms with Crippen LogP contribution in [0.25, 0.3) is 0 Å². The molecule has 6 rings (SSSR count). The number of carboxylic acids is 2. The number of hydrogen-bond acceptors (Lipinski definition) is 8. The van der Waals surface area contributed by atoms with Gasteiger partial charge in [0.05, 0.1) is 22.9 Å². The second-order valence-electron chi connectivity index (χ2n) is 19.1.